The summed E-state index contributed by atoms with van der Waals surface area (Å²) in [7, 11) is 0. The molecule has 7 heteroatoms. The highest BCUT2D eigenvalue weighted by molar-refractivity contribution is 14.1. The van der Waals surface area contributed by atoms with Gasteiger partial charge in [0.1, 0.15) is 5.54 Å². The lowest BCUT2D eigenvalue weighted by atomic mass is 9.98. The number of amides is 2. The van der Waals surface area contributed by atoms with Gasteiger partial charge in [0.15, 0.2) is 0 Å². The molecule has 0 atom stereocenters. The number of hydrogen-bond acceptors (Lipinski definition) is 2. The molecular formula is C13H14ClIN2O3. The van der Waals surface area contributed by atoms with E-state index < -0.39 is 17.5 Å². The minimum absolute atomic E-state index is 0.419. The molecule has 20 heavy (non-hydrogen) atoms. The van der Waals surface area contributed by atoms with E-state index in [1.165, 1.54) is 0 Å². The summed E-state index contributed by atoms with van der Waals surface area (Å²) in [5, 5.41) is 14.9. The van der Waals surface area contributed by atoms with Gasteiger partial charge in [-0.15, -0.1) is 0 Å². The van der Waals surface area contributed by atoms with Crippen molar-refractivity contribution in [3.05, 3.63) is 26.8 Å². The standard InChI is InChI=1S/C13H14ClIN2O3/c14-9-7-8(15)3-4-10(9)16-12(20)17-13(11(18)19)5-1-2-6-13/h3-4,7H,1-2,5-6H2,(H,18,19)(H2,16,17,20). The molecule has 2 rings (SSSR count). The van der Waals surface area contributed by atoms with E-state index in [-0.39, 0.29) is 0 Å². The molecule has 3 N–H and O–H groups in total. The largest absolute Gasteiger partial charge is 0.480 e. The van der Waals surface area contributed by atoms with E-state index in [2.05, 4.69) is 33.2 Å². The number of anilines is 1. The molecule has 1 aliphatic rings. The number of rotatable bonds is 3. The Morgan fingerprint density at radius 2 is 1.95 bits per heavy atom. The van der Waals surface area contributed by atoms with Crippen LogP contribution in [0.4, 0.5) is 10.5 Å². The van der Waals surface area contributed by atoms with Gasteiger partial charge in [0.25, 0.3) is 0 Å². The number of benzene rings is 1. The highest BCUT2D eigenvalue weighted by atomic mass is 127. The van der Waals surface area contributed by atoms with Crippen molar-refractivity contribution in [1.29, 1.82) is 0 Å². The van der Waals surface area contributed by atoms with Crippen molar-refractivity contribution in [2.45, 2.75) is 31.2 Å². The lowest BCUT2D eigenvalue weighted by molar-refractivity contribution is -0.144. The average Bonchev–Trinajstić information content (AvgIpc) is 2.82. The Kier molecular flexibility index (Phi) is 4.74. The van der Waals surface area contributed by atoms with E-state index in [9.17, 15) is 14.7 Å². The molecular weight excluding hydrogens is 395 g/mol. The Bertz CT molecular complexity index is 544. The molecule has 0 aromatic heterocycles. The van der Waals surface area contributed by atoms with Crippen LogP contribution in [-0.4, -0.2) is 22.6 Å². The first kappa shape index (κ1) is 15.4. The molecule has 0 spiro atoms. The van der Waals surface area contributed by atoms with Gasteiger partial charge in [-0.3, -0.25) is 0 Å². The van der Waals surface area contributed by atoms with Crippen LogP contribution in [0.1, 0.15) is 25.7 Å². The third kappa shape index (κ3) is 3.35. The second-order valence-corrected chi connectivity index (χ2v) is 6.45. The Balaban J connectivity index is 2.07. The van der Waals surface area contributed by atoms with Gasteiger partial charge in [0.2, 0.25) is 0 Å². The van der Waals surface area contributed by atoms with Crippen LogP contribution in [0.15, 0.2) is 18.2 Å². The molecule has 0 aliphatic heterocycles. The zero-order valence-corrected chi connectivity index (χ0v) is 13.5. The first-order valence-corrected chi connectivity index (χ1v) is 7.66. The molecule has 2 amide bonds. The molecule has 0 bridgehead atoms. The summed E-state index contributed by atoms with van der Waals surface area (Å²) in [4.78, 5) is 23.3. The molecule has 0 unspecified atom stereocenters. The van der Waals surface area contributed by atoms with Crippen molar-refractivity contribution >= 4 is 51.9 Å². The van der Waals surface area contributed by atoms with Crippen LogP contribution in [0.5, 0.6) is 0 Å². The van der Waals surface area contributed by atoms with E-state index in [1.807, 2.05) is 6.07 Å². The summed E-state index contributed by atoms with van der Waals surface area (Å²) >= 11 is 8.14. The summed E-state index contributed by atoms with van der Waals surface area (Å²) in [6.07, 6.45) is 2.51. The van der Waals surface area contributed by atoms with Crippen molar-refractivity contribution in [2.75, 3.05) is 5.32 Å². The normalized spacial score (nSPS) is 16.7. The zero-order valence-electron chi connectivity index (χ0n) is 10.6. The molecule has 0 saturated heterocycles. The van der Waals surface area contributed by atoms with E-state index >= 15 is 0 Å². The van der Waals surface area contributed by atoms with Crippen LogP contribution in [0.2, 0.25) is 5.02 Å². The molecule has 0 radical (unpaired) electrons. The third-order valence-corrected chi connectivity index (χ3v) is 4.38. The molecule has 1 aromatic rings. The number of halogens is 2. The van der Waals surface area contributed by atoms with Crippen molar-refractivity contribution < 1.29 is 14.7 Å². The summed E-state index contributed by atoms with van der Waals surface area (Å²) in [5.41, 5.74) is -0.692. The fraction of sp³-hybridized carbons (Fsp3) is 0.385. The van der Waals surface area contributed by atoms with Gasteiger partial charge in [-0.1, -0.05) is 24.4 Å². The quantitative estimate of drug-likeness (QED) is 0.670. The summed E-state index contributed by atoms with van der Waals surface area (Å²) < 4.78 is 0.955. The lowest BCUT2D eigenvalue weighted by Gasteiger charge is -2.25. The highest BCUT2D eigenvalue weighted by Gasteiger charge is 2.42. The number of carbonyl (C=O) groups is 2. The first-order chi connectivity index (χ1) is 9.43. The molecule has 0 heterocycles. The van der Waals surface area contributed by atoms with E-state index in [0.29, 0.717) is 23.6 Å². The van der Waals surface area contributed by atoms with E-state index in [1.54, 1.807) is 12.1 Å². The van der Waals surface area contributed by atoms with Crippen molar-refractivity contribution in [2.24, 2.45) is 0 Å². The van der Waals surface area contributed by atoms with Gasteiger partial charge < -0.3 is 15.7 Å². The van der Waals surface area contributed by atoms with Gasteiger partial charge in [0.05, 0.1) is 10.7 Å². The number of urea groups is 1. The van der Waals surface area contributed by atoms with Crippen LogP contribution in [0.3, 0.4) is 0 Å². The maximum Gasteiger partial charge on any atom is 0.329 e. The predicted molar refractivity (Wildman–Crippen MR) is 85.2 cm³/mol. The highest BCUT2D eigenvalue weighted by Crippen LogP contribution is 2.30. The Labute approximate surface area is 135 Å². The van der Waals surface area contributed by atoms with Gasteiger partial charge >= 0.3 is 12.0 Å². The molecule has 1 fully saturated rings. The number of carboxylic acid groups (broad SMARTS) is 1. The molecule has 1 aromatic carbocycles. The van der Waals surface area contributed by atoms with Crippen LogP contribution in [0.25, 0.3) is 0 Å². The summed E-state index contributed by atoms with van der Waals surface area (Å²) in [6, 6.07) is 4.67. The maximum absolute atomic E-state index is 12.0. The first-order valence-electron chi connectivity index (χ1n) is 6.20. The van der Waals surface area contributed by atoms with Crippen molar-refractivity contribution in [3.63, 3.8) is 0 Å². The van der Waals surface area contributed by atoms with Gasteiger partial charge in [-0.25, -0.2) is 9.59 Å². The SMILES string of the molecule is O=C(Nc1ccc(I)cc1Cl)NC1(C(=O)O)CCCC1. The Hall–Kier alpha value is -1.02. The molecule has 5 nitrogen and oxygen atoms in total. The predicted octanol–water partition coefficient (Wildman–Crippen LogP) is 3.46. The van der Waals surface area contributed by atoms with Crippen LogP contribution in [0, 0.1) is 3.57 Å². The number of carboxylic acids is 1. The fourth-order valence-corrected chi connectivity index (χ4v) is 3.24. The number of carbonyl (C=O) groups excluding carboxylic acids is 1. The Morgan fingerprint density at radius 3 is 2.50 bits per heavy atom. The molecule has 1 aliphatic carbocycles. The second-order valence-electron chi connectivity index (χ2n) is 4.80. The summed E-state index contributed by atoms with van der Waals surface area (Å²) in [5.74, 6) is -0.987. The minimum atomic E-state index is -1.15. The zero-order chi connectivity index (χ0) is 14.8. The smallest absolute Gasteiger partial charge is 0.329 e. The molecule has 1 saturated carbocycles. The minimum Gasteiger partial charge on any atom is -0.480 e. The van der Waals surface area contributed by atoms with E-state index in [4.69, 9.17) is 11.6 Å². The van der Waals surface area contributed by atoms with Crippen molar-refractivity contribution in [1.82, 2.24) is 5.32 Å². The lowest BCUT2D eigenvalue weighted by Crippen LogP contribution is -2.53. The average molecular weight is 409 g/mol. The summed E-state index contributed by atoms with van der Waals surface area (Å²) in [6.45, 7) is 0. The molecule has 108 valence electrons. The second kappa shape index (κ2) is 6.17. The number of hydrogen-bond donors (Lipinski definition) is 3. The van der Waals surface area contributed by atoms with Gasteiger partial charge in [-0.2, -0.15) is 0 Å². The van der Waals surface area contributed by atoms with Crippen molar-refractivity contribution in [3.8, 4) is 0 Å². The third-order valence-electron chi connectivity index (χ3n) is 3.40. The monoisotopic (exact) mass is 408 g/mol. The topological polar surface area (TPSA) is 78.4 Å². The number of aliphatic carboxylic acids is 1. The maximum atomic E-state index is 12.0. The Morgan fingerprint density at radius 1 is 1.30 bits per heavy atom. The van der Waals surface area contributed by atoms with Crippen LogP contribution < -0.4 is 10.6 Å². The van der Waals surface area contributed by atoms with Gasteiger partial charge in [-0.05, 0) is 53.6 Å². The number of nitrogens with one attached hydrogen (secondary N) is 2. The van der Waals surface area contributed by atoms with Crippen LogP contribution in [-0.2, 0) is 4.79 Å². The van der Waals surface area contributed by atoms with Gasteiger partial charge in [0, 0.05) is 3.57 Å². The van der Waals surface area contributed by atoms with Crippen LogP contribution >= 0.6 is 34.2 Å². The van der Waals surface area contributed by atoms with E-state index in [0.717, 1.165) is 16.4 Å². The fourth-order valence-electron chi connectivity index (χ4n) is 2.33.